The Balaban J connectivity index is 0. The molecule has 0 amide bonds. The zero-order chi connectivity index (χ0) is 0. The van der Waals surface area contributed by atoms with Crippen molar-refractivity contribution >= 4 is 47.8 Å². The molecule has 12 radical (unpaired) electrons. The third-order valence-electron chi connectivity index (χ3n) is 0. The van der Waals surface area contributed by atoms with Crippen LogP contribution in [-0.2, 0) is 89.5 Å². The van der Waals surface area contributed by atoms with Gasteiger partial charge in [-0.1, -0.05) is 0 Å². The second-order valence-electron chi connectivity index (χ2n) is 0. The molecule has 0 N–H and O–H groups in total. The maximum absolute atomic E-state index is 0. The van der Waals surface area contributed by atoms with Gasteiger partial charge >= 0.3 is 0 Å². The fourth-order valence-corrected chi connectivity index (χ4v) is 0. The summed E-state index contributed by atoms with van der Waals surface area (Å²) in [7, 11) is 0. The smallest absolute Gasteiger partial charge is 0 e. The maximum Gasteiger partial charge on any atom is 0 e. The van der Waals surface area contributed by atoms with Crippen LogP contribution in [0, 0.1) is 0 Å². The van der Waals surface area contributed by atoms with Crippen molar-refractivity contribution in [3.05, 3.63) is 0 Å². The third-order valence-corrected chi connectivity index (χ3v) is 0. The predicted octanol–water partition coefficient (Wildman–Crippen LogP) is -0.772. The van der Waals surface area contributed by atoms with Crippen LogP contribution in [0.2, 0.25) is 0 Å². The van der Waals surface area contributed by atoms with Crippen LogP contribution < -0.4 is 0 Å². The quantitative estimate of drug-likeness (QED) is 0.317. The van der Waals surface area contributed by atoms with E-state index in [1.807, 2.05) is 0 Å². The van der Waals surface area contributed by atoms with Gasteiger partial charge in [-0.05, 0) is 0 Å². The average Bonchev–Trinajstić information content (AvgIpc) is 0. The molecule has 0 aromatic carbocycles. The minimum absolute atomic E-state index is 0. The monoisotopic (exact) mass is 611 g/mol. The van der Waals surface area contributed by atoms with Gasteiger partial charge in [0.05, 0.1) is 0 Å². The van der Waals surface area contributed by atoms with Gasteiger partial charge in [0.25, 0.3) is 0 Å². The Bertz CT molecular complexity index is 5.51. The van der Waals surface area contributed by atoms with E-state index in [0.29, 0.717) is 0 Å². The Hall–Kier alpha value is 4.56. The normalized spacial score (nSPS) is 0. The van der Waals surface area contributed by atoms with E-state index in [1.54, 1.807) is 0 Å². The number of hydrogen-bond acceptors (Lipinski definition) is 0. The van der Waals surface area contributed by atoms with Gasteiger partial charge in [0.2, 0.25) is 0 Å². The molecule has 0 heterocycles. The van der Waals surface area contributed by atoms with Gasteiger partial charge in [-0.25, -0.2) is 0 Å². The van der Waals surface area contributed by atoms with Crippen molar-refractivity contribution in [2.75, 3.05) is 0 Å². The van der Waals surface area contributed by atoms with Crippen molar-refractivity contribution in [2.24, 2.45) is 0 Å². The Labute approximate surface area is 134 Å². The largest absolute Gasteiger partial charge is 0 e. The second-order valence-corrected chi connectivity index (χ2v) is 0. The fourth-order valence-electron chi connectivity index (χ4n) is 0. The summed E-state index contributed by atoms with van der Waals surface area (Å²) in [5, 5.41) is 0. The molecule has 6 heteroatoms. The van der Waals surface area contributed by atoms with Gasteiger partial charge in [0.1, 0.15) is 0 Å². The first-order chi connectivity index (χ1) is 0. The fraction of sp³-hybridized carbons (Fsp3) is 0. The van der Waals surface area contributed by atoms with E-state index < -0.39 is 0 Å². The molecule has 0 rings (SSSR count). The second kappa shape index (κ2) is 33.7. The first-order valence-corrected chi connectivity index (χ1v) is 0. The maximum atomic E-state index is 0. The summed E-state index contributed by atoms with van der Waals surface area (Å²) in [6.45, 7) is 0. The summed E-state index contributed by atoms with van der Waals surface area (Å²) in [5.74, 6) is 0. The molecule has 0 aromatic heterocycles. The van der Waals surface area contributed by atoms with Crippen molar-refractivity contribution in [3.8, 4) is 0 Å². The van der Waals surface area contributed by atoms with E-state index >= 15 is 0 Å². The average molecular weight is 609 g/mol. The Morgan fingerprint density at radius 1 is 0.333 bits per heavy atom. The van der Waals surface area contributed by atoms with Crippen LogP contribution in [0.15, 0.2) is 0 Å². The van der Waals surface area contributed by atoms with Crippen LogP contribution in [0.4, 0.5) is 0 Å². The van der Waals surface area contributed by atoms with Gasteiger partial charge < -0.3 is 0 Å². The van der Waals surface area contributed by atoms with Gasteiger partial charge in [0.15, 0.2) is 0 Å². The molecule has 0 aliphatic rings. The minimum atomic E-state index is 0. The van der Waals surface area contributed by atoms with Crippen molar-refractivity contribution < 1.29 is 89.5 Å². The molecule has 0 bridgehead atoms. The van der Waals surface area contributed by atoms with E-state index in [2.05, 4.69) is 0 Å². The van der Waals surface area contributed by atoms with Crippen LogP contribution in [0.3, 0.4) is 0 Å². The topological polar surface area (TPSA) is 0 Å². The molecule has 0 saturated carbocycles. The zero-order valence-electron chi connectivity index (χ0n) is 2.79. The molecule has 0 unspecified atom stereocenters. The molecule has 0 nitrogen and oxygen atoms in total. The molecular weight excluding hydrogens is 609 g/mol. The van der Waals surface area contributed by atoms with Crippen LogP contribution >= 0.6 is 0 Å². The molecule has 0 aliphatic carbocycles. The summed E-state index contributed by atoms with van der Waals surface area (Å²) in [6, 6.07) is 0. The minimum Gasteiger partial charge on any atom is 0 e. The Morgan fingerprint density at radius 3 is 0.333 bits per heavy atom. The predicted molar refractivity (Wildman–Crippen MR) is 11.5 cm³/mol. The van der Waals surface area contributed by atoms with E-state index in [4.69, 9.17) is 0 Å². The molecular formula is Nb4Sn2. The zero-order valence-corrected chi connectivity index (χ0v) is 17.3. The molecule has 0 aliphatic heterocycles. The van der Waals surface area contributed by atoms with Gasteiger partial charge in [0, 0.05) is 137 Å². The number of hydrogen-bond donors (Lipinski definition) is 0. The van der Waals surface area contributed by atoms with Crippen molar-refractivity contribution in [1.29, 1.82) is 0 Å². The van der Waals surface area contributed by atoms with E-state index in [0.717, 1.165) is 0 Å². The molecule has 0 fully saturated rings. The molecule has 0 aromatic rings. The van der Waals surface area contributed by atoms with Crippen LogP contribution in [-0.4, -0.2) is 47.8 Å². The first-order valence-electron chi connectivity index (χ1n) is 0. The van der Waals surface area contributed by atoms with Gasteiger partial charge in [-0.3, -0.25) is 0 Å². The summed E-state index contributed by atoms with van der Waals surface area (Å²) in [6.07, 6.45) is 0. The Kier molecular flexibility index (Phi) is 261. The molecule has 0 saturated heterocycles. The molecule has 0 atom stereocenters. The van der Waals surface area contributed by atoms with Crippen LogP contribution in [0.25, 0.3) is 0 Å². The van der Waals surface area contributed by atoms with E-state index in [-0.39, 0.29) is 137 Å². The number of rotatable bonds is 0. The molecule has 0 spiro atoms. The van der Waals surface area contributed by atoms with Gasteiger partial charge in [-0.2, -0.15) is 0 Å². The summed E-state index contributed by atoms with van der Waals surface area (Å²) >= 11 is 0. The summed E-state index contributed by atoms with van der Waals surface area (Å²) in [5.41, 5.74) is 0. The summed E-state index contributed by atoms with van der Waals surface area (Å²) in [4.78, 5) is 0. The molecule has 28 valence electrons. The first kappa shape index (κ1) is 46.4. The van der Waals surface area contributed by atoms with E-state index in [1.165, 1.54) is 0 Å². The summed E-state index contributed by atoms with van der Waals surface area (Å²) < 4.78 is 0. The third kappa shape index (κ3) is 23.5. The SMILES string of the molecule is [Nb].[Nb].[Nb].[Nb].[Sn].[Sn]. The van der Waals surface area contributed by atoms with Crippen molar-refractivity contribution in [3.63, 3.8) is 0 Å². The van der Waals surface area contributed by atoms with Crippen molar-refractivity contribution in [1.82, 2.24) is 0 Å². The standard InChI is InChI=1S/4Nb.2Sn. The Morgan fingerprint density at radius 2 is 0.333 bits per heavy atom. The van der Waals surface area contributed by atoms with E-state index in [9.17, 15) is 0 Å². The molecule has 6 heavy (non-hydrogen) atoms. The van der Waals surface area contributed by atoms with Gasteiger partial charge in [-0.15, -0.1) is 0 Å². The van der Waals surface area contributed by atoms with Crippen molar-refractivity contribution in [2.45, 2.75) is 0 Å². The van der Waals surface area contributed by atoms with Crippen LogP contribution in [0.5, 0.6) is 0 Å². The van der Waals surface area contributed by atoms with Crippen LogP contribution in [0.1, 0.15) is 0 Å².